The Labute approximate surface area is 190 Å². The van der Waals surface area contributed by atoms with Crippen molar-refractivity contribution in [2.24, 2.45) is 15.8 Å². The van der Waals surface area contributed by atoms with Crippen molar-refractivity contribution in [1.82, 2.24) is 9.97 Å². The molecule has 0 spiro atoms. The lowest BCUT2D eigenvalue weighted by Crippen LogP contribution is -2.37. The van der Waals surface area contributed by atoms with Gasteiger partial charge in [0.15, 0.2) is 0 Å². The molecule has 0 unspecified atom stereocenters. The Morgan fingerprint density at radius 3 is 2.75 bits per heavy atom. The second-order valence-corrected chi connectivity index (χ2v) is 11.2. The molecule has 2 bridgehead atoms. The Kier molecular flexibility index (Phi) is 4.58. The topological polar surface area (TPSA) is 53.9 Å². The maximum Gasteiger partial charge on any atom is 0.131 e. The van der Waals surface area contributed by atoms with E-state index in [1.165, 1.54) is 30.3 Å². The second-order valence-electron chi connectivity index (χ2n) is 11.2. The van der Waals surface area contributed by atoms with Crippen LogP contribution in [0.15, 0.2) is 29.4 Å². The van der Waals surface area contributed by atoms with Crippen LogP contribution in [0, 0.1) is 10.8 Å². The largest absolute Gasteiger partial charge is 0.378 e. The summed E-state index contributed by atoms with van der Waals surface area (Å²) in [6.45, 7) is 12.5. The van der Waals surface area contributed by atoms with Gasteiger partial charge in [0.1, 0.15) is 11.3 Å². The zero-order chi connectivity index (χ0) is 21.9. The minimum atomic E-state index is 0.374. The highest BCUT2D eigenvalue weighted by Gasteiger charge is 2.50. The summed E-state index contributed by atoms with van der Waals surface area (Å²) >= 11 is 0. The van der Waals surface area contributed by atoms with E-state index < -0.39 is 0 Å². The zero-order valence-electron chi connectivity index (χ0n) is 19.5. The summed E-state index contributed by atoms with van der Waals surface area (Å²) in [6, 6.07) is 5.09. The van der Waals surface area contributed by atoms with Gasteiger partial charge in [0, 0.05) is 55.1 Å². The van der Waals surface area contributed by atoms with Gasteiger partial charge in [-0.1, -0.05) is 20.8 Å². The van der Waals surface area contributed by atoms with Crippen LogP contribution in [0.5, 0.6) is 0 Å². The summed E-state index contributed by atoms with van der Waals surface area (Å²) in [5.74, 6) is 1.05. The van der Waals surface area contributed by atoms with Crippen molar-refractivity contribution in [3.8, 4) is 0 Å². The minimum Gasteiger partial charge on any atom is -0.378 e. The molecule has 3 aliphatic heterocycles. The Bertz CT molecular complexity index is 1120. The number of allylic oxidation sites excluding steroid dienone is 1. The monoisotopic (exact) mass is 431 g/mol. The molecule has 168 valence electrons. The normalized spacial score (nSPS) is 29.1. The number of hydrogen-bond donors (Lipinski definition) is 0. The molecule has 3 fully saturated rings. The van der Waals surface area contributed by atoms with Crippen LogP contribution in [0.25, 0.3) is 16.5 Å². The van der Waals surface area contributed by atoms with Crippen molar-refractivity contribution in [2.75, 3.05) is 49.2 Å². The molecule has 32 heavy (non-hydrogen) atoms. The molecule has 4 aliphatic rings. The predicted molar refractivity (Wildman–Crippen MR) is 131 cm³/mol. The highest BCUT2D eigenvalue weighted by Crippen LogP contribution is 2.54. The fourth-order valence-corrected chi connectivity index (χ4v) is 6.79. The standard InChI is InChI=1S/C26H33N5O/c1-25(2)13-19-14-26(3,16-25)17-31(19)21-12-22(30-8-10-32-11-9-30)29-24-20(21)5-7-28-23(24)18-4-6-27-15-18/h4-7,12,19H,8-11,13-17H2,1-3H3/t19-,26-/m1/s1. The summed E-state index contributed by atoms with van der Waals surface area (Å²) in [4.78, 5) is 19.4. The van der Waals surface area contributed by atoms with Crippen LogP contribution in [0.3, 0.4) is 0 Å². The Morgan fingerprint density at radius 2 is 1.97 bits per heavy atom. The van der Waals surface area contributed by atoms with Gasteiger partial charge in [-0.05, 0) is 42.2 Å². The molecule has 6 rings (SSSR count). The smallest absolute Gasteiger partial charge is 0.131 e. The Balaban J connectivity index is 1.51. The average molecular weight is 432 g/mol. The third-order valence-electron chi connectivity index (χ3n) is 7.70. The van der Waals surface area contributed by atoms with Crippen LogP contribution < -0.4 is 9.80 Å². The lowest BCUT2D eigenvalue weighted by atomic mass is 9.65. The van der Waals surface area contributed by atoms with E-state index in [1.54, 1.807) is 0 Å². The van der Waals surface area contributed by atoms with Crippen molar-refractivity contribution in [1.29, 1.82) is 0 Å². The first kappa shape index (κ1) is 20.2. The Morgan fingerprint density at radius 1 is 1.12 bits per heavy atom. The minimum absolute atomic E-state index is 0.374. The van der Waals surface area contributed by atoms with E-state index in [9.17, 15) is 0 Å². The van der Waals surface area contributed by atoms with Gasteiger partial charge in [0.2, 0.25) is 0 Å². The number of ether oxygens (including phenoxy) is 1. The highest BCUT2D eigenvalue weighted by atomic mass is 16.5. The SMILES string of the molecule is CC1(C)C[C@@H]2C[C@@](C)(CN2c2cc(N3CCOCC3)nc3c(C4=CC=NC4)nccc23)C1. The van der Waals surface area contributed by atoms with Gasteiger partial charge >= 0.3 is 0 Å². The van der Waals surface area contributed by atoms with Gasteiger partial charge in [-0.3, -0.25) is 9.98 Å². The van der Waals surface area contributed by atoms with Crippen molar-refractivity contribution in [3.05, 3.63) is 30.1 Å². The summed E-state index contributed by atoms with van der Waals surface area (Å²) in [5, 5.41) is 1.22. The fraction of sp³-hybridized carbons (Fsp3) is 0.577. The molecular formula is C26H33N5O. The first-order valence-corrected chi connectivity index (χ1v) is 12.0. The third kappa shape index (κ3) is 3.40. The zero-order valence-corrected chi connectivity index (χ0v) is 19.5. The molecule has 5 heterocycles. The molecular weight excluding hydrogens is 398 g/mol. The van der Waals surface area contributed by atoms with Crippen LogP contribution >= 0.6 is 0 Å². The molecule has 0 radical (unpaired) electrons. The van der Waals surface area contributed by atoms with Crippen molar-refractivity contribution in [3.63, 3.8) is 0 Å². The summed E-state index contributed by atoms with van der Waals surface area (Å²) in [6.07, 6.45) is 9.74. The molecule has 1 aliphatic carbocycles. The predicted octanol–water partition coefficient (Wildman–Crippen LogP) is 4.34. The van der Waals surface area contributed by atoms with Crippen LogP contribution in [-0.4, -0.2) is 61.6 Å². The highest BCUT2D eigenvalue weighted by molar-refractivity contribution is 6.01. The molecule has 0 aromatic carbocycles. The maximum absolute atomic E-state index is 5.62. The van der Waals surface area contributed by atoms with E-state index in [0.29, 0.717) is 23.4 Å². The summed E-state index contributed by atoms with van der Waals surface area (Å²) in [5.41, 5.74) is 5.23. The van der Waals surface area contributed by atoms with Gasteiger partial charge in [-0.2, -0.15) is 0 Å². The molecule has 2 saturated heterocycles. The van der Waals surface area contributed by atoms with Gasteiger partial charge < -0.3 is 14.5 Å². The van der Waals surface area contributed by atoms with Crippen LogP contribution in [-0.2, 0) is 4.74 Å². The van der Waals surface area contributed by atoms with Crippen LogP contribution in [0.2, 0.25) is 0 Å². The molecule has 0 N–H and O–H groups in total. The van der Waals surface area contributed by atoms with Crippen molar-refractivity contribution in [2.45, 2.75) is 46.1 Å². The van der Waals surface area contributed by atoms with Crippen LogP contribution in [0.4, 0.5) is 11.5 Å². The second kappa shape index (κ2) is 7.27. The number of anilines is 2. The number of aliphatic imine (C=N–C) groups is 1. The molecule has 2 aromatic heterocycles. The first-order valence-electron chi connectivity index (χ1n) is 12.0. The molecule has 6 nitrogen and oxygen atoms in total. The maximum atomic E-state index is 5.62. The van der Waals surface area contributed by atoms with Crippen LogP contribution in [0.1, 0.15) is 45.7 Å². The van der Waals surface area contributed by atoms with E-state index in [1.807, 2.05) is 12.4 Å². The van der Waals surface area contributed by atoms with Crippen molar-refractivity contribution >= 4 is 34.2 Å². The summed E-state index contributed by atoms with van der Waals surface area (Å²) in [7, 11) is 0. The molecule has 6 heteroatoms. The Hall–Kier alpha value is -2.47. The van der Waals surface area contributed by atoms with E-state index in [2.05, 4.69) is 53.8 Å². The number of nitrogens with zero attached hydrogens (tertiary/aromatic N) is 5. The van der Waals surface area contributed by atoms with Gasteiger partial charge in [-0.25, -0.2) is 4.98 Å². The molecule has 2 atom stereocenters. The number of rotatable bonds is 3. The molecule has 1 saturated carbocycles. The quantitative estimate of drug-likeness (QED) is 0.724. The lowest BCUT2D eigenvalue weighted by Gasteiger charge is -2.39. The van der Waals surface area contributed by atoms with E-state index in [0.717, 1.165) is 55.4 Å². The number of fused-ring (bicyclic) bond motifs is 3. The van der Waals surface area contributed by atoms with Gasteiger partial charge in [0.05, 0.1) is 31.1 Å². The van der Waals surface area contributed by atoms with Crippen molar-refractivity contribution < 1.29 is 4.74 Å². The van der Waals surface area contributed by atoms with Gasteiger partial charge in [-0.15, -0.1) is 0 Å². The van der Waals surface area contributed by atoms with E-state index >= 15 is 0 Å². The average Bonchev–Trinajstić information content (AvgIpc) is 3.38. The fourth-order valence-electron chi connectivity index (χ4n) is 6.79. The van der Waals surface area contributed by atoms with E-state index in [-0.39, 0.29) is 0 Å². The number of morpholine rings is 1. The lowest BCUT2D eigenvalue weighted by molar-refractivity contribution is 0.122. The summed E-state index contributed by atoms with van der Waals surface area (Å²) < 4.78 is 5.62. The number of hydrogen-bond acceptors (Lipinski definition) is 6. The molecule has 0 amide bonds. The number of aromatic nitrogens is 2. The van der Waals surface area contributed by atoms with E-state index in [4.69, 9.17) is 14.7 Å². The van der Waals surface area contributed by atoms with Gasteiger partial charge in [0.25, 0.3) is 0 Å². The number of pyridine rings is 2. The first-order chi connectivity index (χ1) is 15.4. The molecule has 2 aromatic rings. The third-order valence-corrected chi connectivity index (χ3v) is 7.70.